The normalized spacial score (nSPS) is 12.5. The zero-order valence-electron chi connectivity index (χ0n) is 8.76. The van der Waals surface area contributed by atoms with Crippen molar-refractivity contribution >= 4 is 27.5 Å². The van der Waals surface area contributed by atoms with Crippen LogP contribution in [0.5, 0.6) is 0 Å². The third-order valence-electron chi connectivity index (χ3n) is 2.16. The summed E-state index contributed by atoms with van der Waals surface area (Å²) in [5.74, 6) is 0. The fourth-order valence-corrected chi connectivity index (χ4v) is 1.72. The smallest absolute Gasteiger partial charge is 0.0551 e. The van der Waals surface area contributed by atoms with E-state index in [0.29, 0.717) is 6.04 Å². The maximum absolute atomic E-state index is 6.00. The molecule has 1 atom stereocenters. The minimum absolute atomic E-state index is 0.449. The topological polar surface area (TPSA) is 12.0 Å². The van der Waals surface area contributed by atoms with Crippen LogP contribution in [0.4, 0.5) is 0 Å². The lowest BCUT2D eigenvalue weighted by atomic mass is 10.2. The highest BCUT2D eigenvalue weighted by molar-refractivity contribution is 9.10. The molecule has 1 unspecified atom stereocenters. The lowest BCUT2D eigenvalue weighted by Gasteiger charge is -2.11. The molecule has 0 aliphatic heterocycles. The summed E-state index contributed by atoms with van der Waals surface area (Å²) >= 11 is 9.37. The number of halogens is 2. The van der Waals surface area contributed by atoms with E-state index in [1.807, 2.05) is 18.2 Å². The van der Waals surface area contributed by atoms with Crippen molar-refractivity contribution in [2.45, 2.75) is 25.9 Å². The Morgan fingerprint density at radius 2 is 2.33 bits per heavy atom. The Hall–Kier alpha value is -0.310. The first-order valence-corrected chi connectivity index (χ1v) is 6.08. The zero-order chi connectivity index (χ0) is 11.3. The molecule has 1 aromatic carbocycles. The van der Waals surface area contributed by atoms with Crippen LogP contribution in [-0.4, -0.2) is 6.04 Å². The van der Waals surface area contributed by atoms with Crippen LogP contribution in [0.2, 0.25) is 5.02 Å². The maximum atomic E-state index is 6.00. The van der Waals surface area contributed by atoms with Crippen molar-refractivity contribution in [3.8, 4) is 0 Å². The lowest BCUT2D eigenvalue weighted by molar-refractivity contribution is 0.554. The Labute approximate surface area is 105 Å². The molecule has 1 aromatic rings. The van der Waals surface area contributed by atoms with Gasteiger partial charge in [0.2, 0.25) is 0 Å². The SMILES string of the molecule is C=CCC(C)NCc1ccc(Br)c(Cl)c1. The monoisotopic (exact) mass is 287 g/mol. The summed E-state index contributed by atoms with van der Waals surface area (Å²) in [6.45, 7) is 6.69. The molecule has 0 aromatic heterocycles. The van der Waals surface area contributed by atoms with E-state index in [0.717, 1.165) is 22.5 Å². The van der Waals surface area contributed by atoms with Crippen molar-refractivity contribution in [2.75, 3.05) is 0 Å². The molecule has 0 fully saturated rings. The van der Waals surface area contributed by atoms with E-state index < -0.39 is 0 Å². The molecule has 0 aliphatic carbocycles. The van der Waals surface area contributed by atoms with E-state index in [9.17, 15) is 0 Å². The number of rotatable bonds is 5. The Kier molecular flexibility index (Phi) is 5.37. The Morgan fingerprint density at radius 3 is 2.93 bits per heavy atom. The summed E-state index contributed by atoms with van der Waals surface area (Å²) in [4.78, 5) is 0. The summed E-state index contributed by atoms with van der Waals surface area (Å²) in [6, 6.07) is 6.45. The fraction of sp³-hybridized carbons (Fsp3) is 0.333. The molecule has 0 aliphatic rings. The molecule has 1 nitrogen and oxygen atoms in total. The van der Waals surface area contributed by atoms with Crippen molar-refractivity contribution < 1.29 is 0 Å². The minimum Gasteiger partial charge on any atom is -0.310 e. The molecular formula is C12H15BrClN. The van der Waals surface area contributed by atoms with Gasteiger partial charge >= 0.3 is 0 Å². The van der Waals surface area contributed by atoms with E-state index in [-0.39, 0.29) is 0 Å². The summed E-state index contributed by atoms with van der Waals surface area (Å²) in [5, 5.41) is 4.16. The van der Waals surface area contributed by atoms with Crippen molar-refractivity contribution in [1.82, 2.24) is 5.32 Å². The molecule has 0 amide bonds. The molecule has 82 valence electrons. The average molecular weight is 289 g/mol. The fourth-order valence-electron chi connectivity index (χ4n) is 1.28. The van der Waals surface area contributed by atoms with Gasteiger partial charge in [0.15, 0.2) is 0 Å². The average Bonchev–Trinajstić information content (AvgIpc) is 2.20. The van der Waals surface area contributed by atoms with Crippen LogP contribution in [0.15, 0.2) is 35.3 Å². The maximum Gasteiger partial charge on any atom is 0.0551 e. The van der Waals surface area contributed by atoms with Gasteiger partial charge < -0.3 is 5.32 Å². The van der Waals surface area contributed by atoms with Gasteiger partial charge in [-0.25, -0.2) is 0 Å². The number of hydrogen-bond donors (Lipinski definition) is 1. The molecule has 3 heteroatoms. The number of benzene rings is 1. The highest BCUT2D eigenvalue weighted by Crippen LogP contribution is 2.23. The molecule has 0 saturated heterocycles. The second-order valence-electron chi connectivity index (χ2n) is 3.55. The highest BCUT2D eigenvalue weighted by atomic mass is 79.9. The zero-order valence-corrected chi connectivity index (χ0v) is 11.1. The largest absolute Gasteiger partial charge is 0.310 e. The van der Waals surface area contributed by atoms with Crippen LogP contribution >= 0.6 is 27.5 Å². The van der Waals surface area contributed by atoms with Gasteiger partial charge in [0.1, 0.15) is 0 Å². The first-order chi connectivity index (χ1) is 7.13. The minimum atomic E-state index is 0.449. The van der Waals surface area contributed by atoms with Crippen LogP contribution in [0.1, 0.15) is 18.9 Å². The van der Waals surface area contributed by atoms with E-state index >= 15 is 0 Å². The van der Waals surface area contributed by atoms with Crippen molar-refractivity contribution in [3.63, 3.8) is 0 Å². The molecular weight excluding hydrogens is 273 g/mol. The first-order valence-electron chi connectivity index (χ1n) is 4.91. The van der Waals surface area contributed by atoms with Crippen LogP contribution < -0.4 is 5.32 Å². The van der Waals surface area contributed by atoms with Gasteiger partial charge in [-0.2, -0.15) is 0 Å². The van der Waals surface area contributed by atoms with Crippen LogP contribution in [0.25, 0.3) is 0 Å². The lowest BCUT2D eigenvalue weighted by Crippen LogP contribution is -2.24. The van der Waals surface area contributed by atoms with Crippen LogP contribution in [0.3, 0.4) is 0 Å². The van der Waals surface area contributed by atoms with Crippen LogP contribution in [0, 0.1) is 0 Å². The van der Waals surface area contributed by atoms with Crippen molar-refractivity contribution in [2.24, 2.45) is 0 Å². The standard InChI is InChI=1S/C12H15BrClN/c1-3-4-9(2)15-8-10-5-6-11(13)12(14)7-10/h3,5-7,9,15H,1,4,8H2,2H3. The summed E-state index contributed by atoms with van der Waals surface area (Å²) in [7, 11) is 0. The highest BCUT2D eigenvalue weighted by Gasteiger charge is 2.01. The van der Waals surface area contributed by atoms with Gasteiger partial charge in [0.25, 0.3) is 0 Å². The van der Waals surface area contributed by atoms with Gasteiger partial charge in [0, 0.05) is 17.1 Å². The predicted molar refractivity (Wildman–Crippen MR) is 70.3 cm³/mol. The first kappa shape index (κ1) is 12.8. The van der Waals surface area contributed by atoms with Gasteiger partial charge in [-0.15, -0.1) is 6.58 Å². The number of hydrogen-bond acceptors (Lipinski definition) is 1. The van der Waals surface area contributed by atoms with Gasteiger partial charge in [0.05, 0.1) is 5.02 Å². The predicted octanol–water partition coefficient (Wildman–Crippen LogP) is 4.16. The summed E-state index contributed by atoms with van der Waals surface area (Å²) in [5.41, 5.74) is 1.19. The van der Waals surface area contributed by atoms with Crippen LogP contribution in [-0.2, 0) is 6.54 Å². The molecule has 1 rings (SSSR count). The van der Waals surface area contributed by atoms with E-state index in [1.165, 1.54) is 5.56 Å². The van der Waals surface area contributed by atoms with E-state index in [2.05, 4.69) is 40.8 Å². The number of nitrogens with one attached hydrogen (secondary N) is 1. The van der Waals surface area contributed by atoms with Crippen molar-refractivity contribution in [3.05, 3.63) is 45.9 Å². The van der Waals surface area contributed by atoms with E-state index in [1.54, 1.807) is 0 Å². The quantitative estimate of drug-likeness (QED) is 0.802. The Morgan fingerprint density at radius 1 is 1.60 bits per heavy atom. The second-order valence-corrected chi connectivity index (χ2v) is 4.82. The summed E-state index contributed by atoms with van der Waals surface area (Å²) in [6.07, 6.45) is 2.90. The van der Waals surface area contributed by atoms with Gasteiger partial charge in [-0.1, -0.05) is 23.7 Å². The van der Waals surface area contributed by atoms with Gasteiger partial charge in [-0.3, -0.25) is 0 Å². The molecule has 0 heterocycles. The molecule has 0 radical (unpaired) electrons. The second kappa shape index (κ2) is 6.31. The Balaban J connectivity index is 2.50. The molecule has 0 spiro atoms. The molecule has 0 bridgehead atoms. The Bertz CT molecular complexity index is 338. The molecule has 15 heavy (non-hydrogen) atoms. The van der Waals surface area contributed by atoms with Gasteiger partial charge in [-0.05, 0) is 47.0 Å². The van der Waals surface area contributed by atoms with Crippen molar-refractivity contribution in [1.29, 1.82) is 0 Å². The molecule has 0 saturated carbocycles. The third-order valence-corrected chi connectivity index (χ3v) is 3.39. The summed E-state index contributed by atoms with van der Waals surface area (Å²) < 4.78 is 0.937. The van der Waals surface area contributed by atoms with E-state index in [4.69, 9.17) is 11.6 Å². The molecule has 1 N–H and O–H groups in total. The third kappa shape index (κ3) is 4.37.